The molecule has 0 heterocycles. The van der Waals surface area contributed by atoms with Crippen LogP contribution in [0.1, 0.15) is 25.0 Å². The molecule has 0 fully saturated rings. The third-order valence-electron chi connectivity index (χ3n) is 4.43. The van der Waals surface area contributed by atoms with Gasteiger partial charge in [-0.1, -0.05) is 74.5 Å². The fraction of sp³-hybridized carbons (Fsp3) is 0.348. The number of alkyl carbamates (subject to hydrolysis) is 1. The zero-order valence-electron chi connectivity index (χ0n) is 17.5. The second kappa shape index (κ2) is 11.6. The number of benzene rings is 2. The van der Waals surface area contributed by atoms with Gasteiger partial charge < -0.3 is 19.7 Å². The Morgan fingerprint density at radius 2 is 1.47 bits per heavy atom. The van der Waals surface area contributed by atoms with E-state index in [1.54, 1.807) is 20.9 Å². The van der Waals surface area contributed by atoms with Crippen molar-refractivity contribution in [3.05, 3.63) is 71.8 Å². The molecule has 0 spiro atoms. The number of likely N-dealkylation sites (N-methyl/N-ethyl adjacent to an activating group) is 1. The summed E-state index contributed by atoms with van der Waals surface area (Å²) in [6.07, 6.45) is -0.720. The van der Waals surface area contributed by atoms with E-state index in [0.717, 1.165) is 11.1 Å². The van der Waals surface area contributed by atoms with Crippen LogP contribution in [0.3, 0.4) is 0 Å². The Kier molecular flexibility index (Phi) is 8.87. The molecule has 7 nitrogen and oxygen atoms in total. The monoisotopic (exact) mass is 412 g/mol. The first-order chi connectivity index (χ1) is 14.4. The van der Waals surface area contributed by atoms with Crippen molar-refractivity contribution in [3.63, 3.8) is 0 Å². The summed E-state index contributed by atoms with van der Waals surface area (Å²) in [7, 11) is 1.64. The van der Waals surface area contributed by atoms with Gasteiger partial charge in [0.1, 0.15) is 12.6 Å². The number of ether oxygens (including phenoxy) is 2. The number of carbonyl (C=O) groups is 3. The van der Waals surface area contributed by atoms with Crippen LogP contribution in [0, 0.1) is 5.92 Å². The summed E-state index contributed by atoms with van der Waals surface area (Å²) in [6, 6.07) is 17.8. The van der Waals surface area contributed by atoms with E-state index >= 15 is 0 Å². The molecule has 0 aliphatic rings. The molecule has 0 saturated carbocycles. The molecule has 0 unspecified atom stereocenters. The maximum Gasteiger partial charge on any atom is 0.408 e. The van der Waals surface area contributed by atoms with Gasteiger partial charge in [-0.25, -0.2) is 9.59 Å². The Morgan fingerprint density at radius 3 is 2.03 bits per heavy atom. The zero-order chi connectivity index (χ0) is 21.9. The van der Waals surface area contributed by atoms with Crippen LogP contribution in [-0.4, -0.2) is 42.6 Å². The SMILES string of the molecule is CC(C)[C@@H](NC(=O)OCc1ccccc1)C(=O)OCC(=O)N(C)Cc1ccccc1. The number of nitrogens with one attached hydrogen (secondary N) is 1. The van der Waals surface area contributed by atoms with Gasteiger partial charge in [-0.05, 0) is 17.0 Å². The molecule has 1 atom stereocenters. The molecule has 160 valence electrons. The van der Waals surface area contributed by atoms with Crippen LogP contribution >= 0.6 is 0 Å². The van der Waals surface area contributed by atoms with Crippen molar-refractivity contribution in [2.24, 2.45) is 5.92 Å². The van der Waals surface area contributed by atoms with E-state index in [1.807, 2.05) is 60.7 Å². The summed E-state index contributed by atoms with van der Waals surface area (Å²) in [4.78, 5) is 38.2. The summed E-state index contributed by atoms with van der Waals surface area (Å²) in [5.41, 5.74) is 1.81. The highest BCUT2D eigenvalue weighted by atomic mass is 16.6. The average molecular weight is 412 g/mol. The maximum absolute atomic E-state index is 12.4. The second-order valence-corrected chi connectivity index (χ2v) is 7.27. The molecule has 0 bridgehead atoms. The first-order valence-corrected chi connectivity index (χ1v) is 9.78. The maximum atomic E-state index is 12.4. The van der Waals surface area contributed by atoms with Crippen molar-refractivity contribution in [3.8, 4) is 0 Å². The summed E-state index contributed by atoms with van der Waals surface area (Å²) < 4.78 is 10.3. The van der Waals surface area contributed by atoms with Crippen LogP contribution < -0.4 is 5.32 Å². The van der Waals surface area contributed by atoms with Crippen molar-refractivity contribution in [2.75, 3.05) is 13.7 Å². The lowest BCUT2D eigenvalue weighted by molar-refractivity contribution is -0.154. The van der Waals surface area contributed by atoms with Crippen LogP contribution in [0.5, 0.6) is 0 Å². The van der Waals surface area contributed by atoms with Gasteiger partial charge in [-0.15, -0.1) is 0 Å². The number of esters is 1. The van der Waals surface area contributed by atoms with E-state index in [2.05, 4.69) is 5.32 Å². The predicted octanol–water partition coefficient (Wildman–Crippen LogP) is 3.14. The van der Waals surface area contributed by atoms with E-state index in [-0.39, 0.29) is 18.4 Å². The normalized spacial score (nSPS) is 11.5. The minimum Gasteiger partial charge on any atom is -0.454 e. The number of nitrogens with zero attached hydrogens (tertiary/aromatic N) is 1. The van der Waals surface area contributed by atoms with Gasteiger partial charge in [-0.2, -0.15) is 0 Å². The fourth-order valence-electron chi connectivity index (χ4n) is 2.67. The molecule has 0 aliphatic carbocycles. The Labute approximate surface area is 177 Å². The van der Waals surface area contributed by atoms with Crippen molar-refractivity contribution >= 4 is 18.0 Å². The molecule has 2 rings (SSSR count). The lowest BCUT2D eigenvalue weighted by Crippen LogP contribution is -2.46. The minimum atomic E-state index is -0.916. The summed E-state index contributed by atoms with van der Waals surface area (Å²) in [5.74, 6) is -1.25. The van der Waals surface area contributed by atoms with E-state index in [1.165, 1.54) is 4.90 Å². The first-order valence-electron chi connectivity index (χ1n) is 9.78. The van der Waals surface area contributed by atoms with E-state index in [9.17, 15) is 14.4 Å². The lowest BCUT2D eigenvalue weighted by atomic mass is 10.1. The van der Waals surface area contributed by atoms with Crippen LogP contribution in [0.4, 0.5) is 4.79 Å². The second-order valence-electron chi connectivity index (χ2n) is 7.27. The molecule has 2 aromatic carbocycles. The van der Waals surface area contributed by atoms with Gasteiger partial charge in [0, 0.05) is 13.6 Å². The minimum absolute atomic E-state index is 0.0926. The third kappa shape index (κ3) is 7.58. The molecule has 2 amide bonds. The van der Waals surface area contributed by atoms with Gasteiger partial charge >= 0.3 is 12.1 Å². The van der Waals surface area contributed by atoms with Crippen molar-refractivity contribution < 1.29 is 23.9 Å². The molecule has 1 N–H and O–H groups in total. The summed E-state index contributed by atoms with van der Waals surface area (Å²) >= 11 is 0. The van der Waals surface area contributed by atoms with Crippen LogP contribution in [0.2, 0.25) is 0 Å². The van der Waals surface area contributed by atoms with E-state index in [0.29, 0.717) is 6.54 Å². The third-order valence-corrected chi connectivity index (χ3v) is 4.43. The van der Waals surface area contributed by atoms with E-state index in [4.69, 9.17) is 9.47 Å². The largest absolute Gasteiger partial charge is 0.454 e. The molecule has 7 heteroatoms. The summed E-state index contributed by atoms with van der Waals surface area (Å²) in [6.45, 7) is 3.65. The standard InChI is InChI=1S/C23H28N2O5/c1-17(2)21(24-23(28)30-15-19-12-8-5-9-13-19)22(27)29-16-20(26)25(3)14-18-10-6-4-7-11-18/h4-13,17,21H,14-16H2,1-3H3,(H,24,28)/t21-/m1/s1. The van der Waals surface area contributed by atoms with Gasteiger partial charge in [0.2, 0.25) is 0 Å². The smallest absolute Gasteiger partial charge is 0.408 e. The molecular weight excluding hydrogens is 384 g/mol. The van der Waals surface area contributed by atoms with Crippen molar-refractivity contribution in [2.45, 2.75) is 33.0 Å². The Hall–Kier alpha value is -3.35. The highest BCUT2D eigenvalue weighted by Crippen LogP contribution is 2.07. The van der Waals surface area contributed by atoms with Crippen molar-refractivity contribution in [1.82, 2.24) is 10.2 Å². The van der Waals surface area contributed by atoms with Crippen molar-refractivity contribution in [1.29, 1.82) is 0 Å². The average Bonchev–Trinajstić information content (AvgIpc) is 2.75. The molecule has 0 aliphatic heterocycles. The Bertz CT molecular complexity index is 824. The fourth-order valence-corrected chi connectivity index (χ4v) is 2.67. The van der Waals surface area contributed by atoms with Gasteiger partial charge in [0.15, 0.2) is 6.61 Å². The van der Waals surface area contributed by atoms with Gasteiger partial charge in [-0.3, -0.25) is 4.79 Å². The van der Waals surface area contributed by atoms with Crippen LogP contribution in [0.25, 0.3) is 0 Å². The molecule has 0 aromatic heterocycles. The number of rotatable bonds is 9. The quantitative estimate of drug-likeness (QED) is 0.640. The van der Waals surface area contributed by atoms with Gasteiger partial charge in [0.05, 0.1) is 0 Å². The topological polar surface area (TPSA) is 84.9 Å². The number of carbonyl (C=O) groups excluding carboxylic acids is 3. The van der Waals surface area contributed by atoms with Crippen LogP contribution in [0.15, 0.2) is 60.7 Å². The van der Waals surface area contributed by atoms with Crippen LogP contribution in [-0.2, 0) is 32.2 Å². The zero-order valence-corrected chi connectivity index (χ0v) is 17.5. The number of hydrogen-bond donors (Lipinski definition) is 1. The highest BCUT2D eigenvalue weighted by Gasteiger charge is 2.27. The predicted molar refractivity (Wildman–Crippen MR) is 112 cm³/mol. The Balaban J connectivity index is 1.81. The summed E-state index contributed by atoms with van der Waals surface area (Å²) in [5, 5.41) is 2.52. The first kappa shape index (κ1) is 22.9. The number of hydrogen-bond acceptors (Lipinski definition) is 5. The molecule has 30 heavy (non-hydrogen) atoms. The Morgan fingerprint density at radius 1 is 0.900 bits per heavy atom. The molecule has 2 aromatic rings. The molecule has 0 saturated heterocycles. The molecule has 0 radical (unpaired) electrons. The van der Waals surface area contributed by atoms with Gasteiger partial charge in [0.25, 0.3) is 5.91 Å². The number of amides is 2. The highest BCUT2D eigenvalue weighted by molar-refractivity contribution is 5.84. The lowest BCUT2D eigenvalue weighted by Gasteiger charge is -2.22. The molecular formula is C23H28N2O5. The van der Waals surface area contributed by atoms with E-state index < -0.39 is 24.7 Å².